The van der Waals surface area contributed by atoms with E-state index in [0.29, 0.717) is 19.7 Å². The maximum absolute atomic E-state index is 12.6. The minimum Gasteiger partial charge on any atom is -0.375 e. The molecule has 1 atom stereocenters. The van der Waals surface area contributed by atoms with Crippen LogP contribution in [0.5, 0.6) is 0 Å². The van der Waals surface area contributed by atoms with E-state index in [-0.39, 0.29) is 43.2 Å². The van der Waals surface area contributed by atoms with Crippen molar-refractivity contribution >= 4 is 64.1 Å². The van der Waals surface area contributed by atoms with Gasteiger partial charge in [-0.25, -0.2) is 0 Å². The summed E-state index contributed by atoms with van der Waals surface area (Å²) in [6.07, 6.45) is -0.110. The highest BCUT2D eigenvalue weighted by molar-refractivity contribution is 6.55. The Morgan fingerprint density at radius 1 is 1.04 bits per heavy atom. The molecule has 0 saturated carbocycles. The van der Waals surface area contributed by atoms with Crippen LogP contribution < -0.4 is 0 Å². The molecule has 1 fully saturated rings. The van der Waals surface area contributed by atoms with Crippen molar-refractivity contribution in [2.45, 2.75) is 13.0 Å². The van der Waals surface area contributed by atoms with Crippen molar-refractivity contribution < 1.29 is 19.1 Å². The number of hydrogen-bond donors (Lipinski definition) is 0. The Labute approximate surface area is 163 Å². The number of fused-ring (bicyclic) bond motifs is 1. The molecule has 1 aromatic carbocycles. The van der Waals surface area contributed by atoms with Gasteiger partial charge in [0.1, 0.15) is 6.54 Å². The normalized spacial score (nSPS) is 20.3. The second-order valence-corrected chi connectivity index (χ2v) is 7.24. The first-order valence-electron chi connectivity index (χ1n) is 7.35. The molecule has 3 amide bonds. The Hall–Kier alpha value is -1.05. The highest BCUT2D eigenvalue weighted by atomic mass is 35.5. The molecule has 0 spiro atoms. The fourth-order valence-corrected chi connectivity index (χ4v) is 3.83. The van der Waals surface area contributed by atoms with Crippen LogP contribution in [0.3, 0.4) is 0 Å². The Kier molecular flexibility index (Phi) is 5.19. The van der Waals surface area contributed by atoms with Crippen molar-refractivity contribution in [1.82, 2.24) is 9.80 Å². The number of carbonyl (C=O) groups is 3. The fraction of sp³-hybridized carbons (Fsp3) is 0.400. The molecular formula is C15H12Cl4N2O4. The van der Waals surface area contributed by atoms with Gasteiger partial charge in [-0.3, -0.25) is 19.3 Å². The smallest absolute Gasteiger partial charge is 0.263 e. The third-order valence-electron chi connectivity index (χ3n) is 4.07. The Morgan fingerprint density at radius 3 is 2.04 bits per heavy atom. The monoisotopic (exact) mass is 424 g/mol. The SMILES string of the molecule is C[C@H]1CN(C(=O)CN2C(=O)c3c(Cl)c(Cl)c(Cl)c(Cl)c3C2=O)CCO1. The van der Waals surface area contributed by atoms with Crippen molar-refractivity contribution in [3.05, 3.63) is 31.2 Å². The highest BCUT2D eigenvalue weighted by Crippen LogP contribution is 2.44. The van der Waals surface area contributed by atoms with Crippen molar-refractivity contribution in [2.75, 3.05) is 26.2 Å². The zero-order chi connectivity index (χ0) is 18.5. The van der Waals surface area contributed by atoms with Crippen LogP contribution in [0.15, 0.2) is 0 Å². The number of carbonyl (C=O) groups excluding carboxylic acids is 3. The van der Waals surface area contributed by atoms with Gasteiger partial charge in [0.25, 0.3) is 11.8 Å². The summed E-state index contributed by atoms with van der Waals surface area (Å²) in [5, 5.41) is -0.523. The van der Waals surface area contributed by atoms with E-state index in [1.807, 2.05) is 6.92 Å². The third-order valence-corrected chi connectivity index (χ3v) is 5.87. The van der Waals surface area contributed by atoms with E-state index < -0.39 is 18.4 Å². The number of benzene rings is 1. The standard InChI is InChI=1S/C15H12Cl4N2O4/c1-6-4-20(2-3-25-6)7(22)5-21-14(23)8-9(15(21)24)11(17)13(19)12(18)10(8)16/h6H,2-5H2,1H3/t6-/m0/s1. The molecular weight excluding hydrogens is 414 g/mol. The predicted octanol–water partition coefficient (Wildman–Crippen LogP) is 3.14. The molecule has 0 N–H and O–H groups in total. The lowest BCUT2D eigenvalue weighted by molar-refractivity contribution is -0.138. The summed E-state index contributed by atoms with van der Waals surface area (Å²) in [6, 6.07) is 0. The van der Waals surface area contributed by atoms with Gasteiger partial charge in [0.15, 0.2) is 0 Å². The van der Waals surface area contributed by atoms with Crippen molar-refractivity contribution in [3.8, 4) is 0 Å². The van der Waals surface area contributed by atoms with Crippen molar-refractivity contribution in [3.63, 3.8) is 0 Å². The van der Waals surface area contributed by atoms with E-state index in [1.54, 1.807) is 4.90 Å². The van der Waals surface area contributed by atoms with Gasteiger partial charge >= 0.3 is 0 Å². The van der Waals surface area contributed by atoms with Crippen LogP contribution in [0.2, 0.25) is 20.1 Å². The largest absolute Gasteiger partial charge is 0.375 e. The minimum atomic E-state index is -0.722. The maximum Gasteiger partial charge on any atom is 0.263 e. The van der Waals surface area contributed by atoms with Crippen LogP contribution in [-0.4, -0.2) is 59.9 Å². The van der Waals surface area contributed by atoms with Crippen LogP contribution in [0.1, 0.15) is 27.6 Å². The van der Waals surface area contributed by atoms with Gasteiger partial charge in [-0.15, -0.1) is 0 Å². The van der Waals surface area contributed by atoms with E-state index >= 15 is 0 Å². The molecule has 0 bridgehead atoms. The first-order valence-corrected chi connectivity index (χ1v) is 8.86. The quantitative estimate of drug-likeness (QED) is 0.414. The summed E-state index contributed by atoms with van der Waals surface area (Å²) in [7, 11) is 0. The molecule has 6 nitrogen and oxygen atoms in total. The van der Waals surface area contributed by atoms with Crippen LogP contribution in [0.25, 0.3) is 0 Å². The van der Waals surface area contributed by atoms with E-state index in [2.05, 4.69) is 0 Å². The molecule has 0 unspecified atom stereocenters. The molecule has 1 saturated heterocycles. The molecule has 25 heavy (non-hydrogen) atoms. The van der Waals surface area contributed by atoms with Crippen LogP contribution in [0, 0.1) is 0 Å². The summed E-state index contributed by atoms with van der Waals surface area (Å²) in [4.78, 5) is 40.0. The van der Waals surface area contributed by atoms with Gasteiger partial charge in [-0.1, -0.05) is 46.4 Å². The molecule has 10 heteroatoms. The Morgan fingerprint density at radius 2 is 1.56 bits per heavy atom. The van der Waals surface area contributed by atoms with Gasteiger partial charge in [0.2, 0.25) is 5.91 Å². The van der Waals surface area contributed by atoms with E-state index in [9.17, 15) is 14.4 Å². The summed E-state index contributed by atoms with van der Waals surface area (Å²) in [6.45, 7) is 2.61. The second kappa shape index (κ2) is 6.93. The number of amides is 3. The van der Waals surface area contributed by atoms with Gasteiger partial charge in [0.05, 0.1) is 43.9 Å². The number of imide groups is 1. The summed E-state index contributed by atoms with van der Waals surface area (Å²) >= 11 is 24.0. The van der Waals surface area contributed by atoms with Crippen LogP contribution in [0.4, 0.5) is 0 Å². The number of ether oxygens (including phenoxy) is 1. The van der Waals surface area contributed by atoms with E-state index in [1.165, 1.54) is 0 Å². The van der Waals surface area contributed by atoms with Crippen molar-refractivity contribution in [2.24, 2.45) is 0 Å². The molecule has 0 radical (unpaired) electrons. The number of rotatable bonds is 2. The maximum atomic E-state index is 12.6. The van der Waals surface area contributed by atoms with Crippen LogP contribution in [-0.2, 0) is 9.53 Å². The van der Waals surface area contributed by atoms with Gasteiger partial charge in [-0.2, -0.15) is 0 Å². The van der Waals surface area contributed by atoms with Gasteiger partial charge < -0.3 is 9.64 Å². The first kappa shape index (κ1) is 18.7. The van der Waals surface area contributed by atoms with Crippen molar-refractivity contribution in [1.29, 1.82) is 0 Å². The Bertz CT molecular complexity index is 751. The summed E-state index contributed by atoms with van der Waals surface area (Å²) < 4.78 is 5.37. The zero-order valence-electron chi connectivity index (χ0n) is 12.9. The average molecular weight is 426 g/mol. The molecule has 3 rings (SSSR count). The topological polar surface area (TPSA) is 66.9 Å². The zero-order valence-corrected chi connectivity index (χ0v) is 16.0. The lowest BCUT2D eigenvalue weighted by Crippen LogP contribution is -2.49. The second-order valence-electron chi connectivity index (χ2n) is 5.72. The third kappa shape index (κ3) is 3.11. The first-order chi connectivity index (χ1) is 11.7. The molecule has 0 aliphatic carbocycles. The van der Waals surface area contributed by atoms with Gasteiger partial charge in [-0.05, 0) is 6.92 Å². The summed E-state index contributed by atoms with van der Waals surface area (Å²) in [5.74, 6) is -1.81. The Balaban J connectivity index is 1.89. The number of hydrogen-bond acceptors (Lipinski definition) is 4. The van der Waals surface area contributed by atoms with E-state index in [0.717, 1.165) is 4.90 Å². The molecule has 2 aliphatic rings. The number of halogens is 4. The molecule has 134 valence electrons. The van der Waals surface area contributed by atoms with Crippen LogP contribution >= 0.6 is 46.4 Å². The number of nitrogens with zero attached hydrogens (tertiary/aromatic N) is 2. The molecule has 1 aromatic rings. The lowest BCUT2D eigenvalue weighted by Gasteiger charge is -2.32. The predicted molar refractivity (Wildman–Crippen MR) is 93.8 cm³/mol. The lowest BCUT2D eigenvalue weighted by atomic mass is 10.1. The molecule has 2 heterocycles. The number of morpholine rings is 1. The molecule has 0 aromatic heterocycles. The van der Waals surface area contributed by atoms with E-state index in [4.69, 9.17) is 51.1 Å². The average Bonchev–Trinajstić information content (AvgIpc) is 2.82. The fourth-order valence-electron chi connectivity index (χ4n) is 2.82. The highest BCUT2D eigenvalue weighted by Gasteiger charge is 2.42. The minimum absolute atomic E-state index is 0.108. The summed E-state index contributed by atoms with van der Waals surface area (Å²) in [5.41, 5.74) is -0.261. The molecule has 2 aliphatic heterocycles. The van der Waals surface area contributed by atoms with Gasteiger partial charge in [0, 0.05) is 13.1 Å².